The lowest BCUT2D eigenvalue weighted by Crippen LogP contribution is -2.21. The van der Waals surface area contributed by atoms with Crippen molar-refractivity contribution in [1.82, 2.24) is 10.4 Å². The molecular weight excluding hydrogens is 194 g/mol. The van der Waals surface area contributed by atoms with E-state index in [2.05, 4.69) is 26.3 Å². The first-order valence-corrected chi connectivity index (χ1v) is 3.66. The van der Waals surface area contributed by atoms with Crippen molar-refractivity contribution in [2.75, 3.05) is 0 Å². The van der Waals surface area contributed by atoms with E-state index in [4.69, 9.17) is 5.84 Å². The SMILES string of the molecule is NNCc1cccnc1Br. The van der Waals surface area contributed by atoms with E-state index in [0.717, 1.165) is 10.2 Å². The van der Waals surface area contributed by atoms with Crippen molar-refractivity contribution in [2.45, 2.75) is 6.54 Å². The predicted octanol–water partition coefficient (Wildman–Crippen LogP) is 0.807. The highest BCUT2D eigenvalue weighted by atomic mass is 79.9. The molecule has 1 heterocycles. The average Bonchev–Trinajstić information content (AvgIpc) is 1.94. The Bertz CT molecular complexity index is 214. The second kappa shape index (κ2) is 3.65. The highest BCUT2D eigenvalue weighted by Crippen LogP contribution is 2.10. The Hall–Kier alpha value is -0.450. The van der Waals surface area contributed by atoms with Crippen molar-refractivity contribution in [3.05, 3.63) is 28.5 Å². The summed E-state index contributed by atoms with van der Waals surface area (Å²) in [4.78, 5) is 4.02. The van der Waals surface area contributed by atoms with Crippen LogP contribution in [0.5, 0.6) is 0 Å². The van der Waals surface area contributed by atoms with Gasteiger partial charge in [0.05, 0.1) is 0 Å². The van der Waals surface area contributed by atoms with Crippen LogP contribution in [-0.4, -0.2) is 4.98 Å². The second-order valence-electron chi connectivity index (χ2n) is 1.83. The Morgan fingerprint density at radius 1 is 1.70 bits per heavy atom. The van der Waals surface area contributed by atoms with Crippen molar-refractivity contribution >= 4 is 15.9 Å². The predicted molar refractivity (Wildman–Crippen MR) is 43.0 cm³/mol. The molecule has 0 atom stereocenters. The Balaban J connectivity index is 2.81. The number of nitrogens with zero attached hydrogens (tertiary/aromatic N) is 1. The molecule has 0 aromatic carbocycles. The summed E-state index contributed by atoms with van der Waals surface area (Å²) in [6, 6.07) is 3.83. The number of hydrazine groups is 1. The molecule has 0 radical (unpaired) electrons. The van der Waals surface area contributed by atoms with Crippen molar-refractivity contribution in [2.24, 2.45) is 5.84 Å². The lowest BCUT2D eigenvalue weighted by molar-refractivity contribution is 0.735. The van der Waals surface area contributed by atoms with E-state index >= 15 is 0 Å². The number of halogens is 1. The third kappa shape index (κ3) is 1.76. The molecule has 0 fully saturated rings. The number of nitrogens with one attached hydrogen (secondary N) is 1. The Kier molecular flexibility index (Phi) is 2.80. The van der Waals surface area contributed by atoms with Gasteiger partial charge in [0, 0.05) is 18.3 Å². The lowest BCUT2D eigenvalue weighted by atomic mass is 10.3. The van der Waals surface area contributed by atoms with Gasteiger partial charge in [-0.3, -0.25) is 11.3 Å². The summed E-state index contributed by atoms with van der Waals surface area (Å²) in [5.74, 6) is 5.13. The summed E-state index contributed by atoms with van der Waals surface area (Å²) in [6.45, 7) is 0.633. The van der Waals surface area contributed by atoms with Crippen LogP contribution in [0.15, 0.2) is 22.9 Å². The summed E-state index contributed by atoms with van der Waals surface area (Å²) < 4.78 is 0.841. The van der Waals surface area contributed by atoms with Gasteiger partial charge in [0.15, 0.2) is 0 Å². The van der Waals surface area contributed by atoms with Gasteiger partial charge in [0.25, 0.3) is 0 Å². The zero-order chi connectivity index (χ0) is 7.40. The van der Waals surface area contributed by atoms with Crippen LogP contribution in [0.1, 0.15) is 5.56 Å². The van der Waals surface area contributed by atoms with Gasteiger partial charge in [0.1, 0.15) is 4.60 Å². The molecule has 54 valence electrons. The first-order valence-electron chi connectivity index (χ1n) is 2.87. The van der Waals surface area contributed by atoms with E-state index in [9.17, 15) is 0 Å². The number of hydrogen-bond donors (Lipinski definition) is 2. The van der Waals surface area contributed by atoms with Crippen molar-refractivity contribution < 1.29 is 0 Å². The second-order valence-corrected chi connectivity index (χ2v) is 2.59. The number of hydrogen-bond acceptors (Lipinski definition) is 3. The lowest BCUT2D eigenvalue weighted by Gasteiger charge is -1.99. The van der Waals surface area contributed by atoms with Crippen LogP contribution in [-0.2, 0) is 6.54 Å². The van der Waals surface area contributed by atoms with Crippen LogP contribution in [0.25, 0.3) is 0 Å². The van der Waals surface area contributed by atoms with Crippen LogP contribution >= 0.6 is 15.9 Å². The maximum Gasteiger partial charge on any atom is 0.110 e. The molecule has 3 N–H and O–H groups in total. The molecule has 0 amide bonds. The van der Waals surface area contributed by atoms with E-state index in [1.165, 1.54) is 0 Å². The van der Waals surface area contributed by atoms with Gasteiger partial charge in [-0.1, -0.05) is 6.07 Å². The fraction of sp³-hybridized carbons (Fsp3) is 0.167. The van der Waals surface area contributed by atoms with E-state index in [1.807, 2.05) is 12.1 Å². The molecule has 3 nitrogen and oxygen atoms in total. The quantitative estimate of drug-likeness (QED) is 0.423. The summed E-state index contributed by atoms with van der Waals surface area (Å²) in [5.41, 5.74) is 3.62. The highest BCUT2D eigenvalue weighted by Gasteiger charge is 1.95. The summed E-state index contributed by atoms with van der Waals surface area (Å²) in [6.07, 6.45) is 1.73. The molecule has 0 spiro atoms. The van der Waals surface area contributed by atoms with Crippen LogP contribution < -0.4 is 11.3 Å². The third-order valence-electron chi connectivity index (χ3n) is 1.13. The number of rotatable bonds is 2. The molecule has 0 saturated carbocycles. The van der Waals surface area contributed by atoms with E-state index < -0.39 is 0 Å². The zero-order valence-electron chi connectivity index (χ0n) is 5.34. The normalized spacial score (nSPS) is 9.80. The first kappa shape index (κ1) is 7.65. The van der Waals surface area contributed by atoms with Gasteiger partial charge in [-0.2, -0.15) is 0 Å². The summed E-state index contributed by atoms with van der Waals surface area (Å²) in [7, 11) is 0. The molecule has 0 aliphatic heterocycles. The van der Waals surface area contributed by atoms with Crippen LogP contribution in [0.4, 0.5) is 0 Å². The minimum atomic E-state index is 0.633. The van der Waals surface area contributed by atoms with Gasteiger partial charge >= 0.3 is 0 Å². The third-order valence-corrected chi connectivity index (χ3v) is 1.84. The minimum absolute atomic E-state index is 0.633. The molecule has 4 heteroatoms. The van der Waals surface area contributed by atoms with Gasteiger partial charge in [0.2, 0.25) is 0 Å². The molecule has 0 aliphatic rings. The molecule has 10 heavy (non-hydrogen) atoms. The number of aromatic nitrogens is 1. The van der Waals surface area contributed by atoms with Crippen LogP contribution in [0.3, 0.4) is 0 Å². The van der Waals surface area contributed by atoms with Crippen LogP contribution in [0.2, 0.25) is 0 Å². The molecule has 1 rings (SSSR count). The van der Waals surface area contributed by atoms with Crippen molar-refractivity contribution in [1.29, 1.82) is 0 Å². The van der Waals surface area contributed by atoms with Crippen molar-refractivity contribution in [3.8, 4) is 0 Å². The monoisotopic (exact) mass is 201 g/mol. The van der Waals surface area contributed by atoms with Crippen molar-refractivity contribution in [3.63, 3.8) is 0 Å². The zero-order valence-corrected chi connectivity index (χ0v) is 6.93. The standard InChI is InChI=1S/C6H8BrN3/c7-6-5(4-10-8)2-1-3-9-6/h1-3,10H,4,8H2. The molecule has 0 unspecified atom stereocenters. The van der Waals surface area contributed by atoms with Gasteiger partial charge < -0.3 is 0 Å². The minimum Gasteiger partial charge on any atom is -0.271 e. The van der Waals surface area contributed by atoms with E-state index in [0.29, 0.717) is 6.54 Å². The number of pyridine rings is 1. The molecule has 1 aromatic heterocycles. The van der Waals surface area contributed by atoms with E-state index in [-0.39, 0.29) is 0 Å². The first-order chi connectivity index (χ1) is 4.84. The smallest absolute Gasteiger partial charge is 0.110 e. The fourth-order valence-corrected chi connectivity index (χ4v) is 1.05. The maximum atomic E-state index is 5.13. The highest BCUT2D eigenvalue weighted by molar-refractivity contribution is 9.10. The van der Waals surface area contributed by atoms with Gasteiger partial charge in [-0.05, 0) is 22.0 Å². The topological polar surface area (TPSA) is 50.9 Å². The maximum absolute atomic E-state index is 5.13. The average molecular weight is 202 g/mol. The molecule has 0 saturated heterocycles. The van der Waals surface area contributed by atoms with Crippen LogP contribution in [0, 0.1) is 0 Å². The Labute approximate surface area is 67.7 Å². The largest absolute Gasteiger partial charge is 0.271 e. The Morgan fingerprint density at radius 3 is 3.10 bits per heavy atom. The van der Waals surface area contributed by atoms with Gasteiger partial charge in [-0.25, -0.2) is 4.98 Å². The molecule has 0 aliphatic carbocycles. The Morgan fingerprint density at radius 2 is 2.50 bits per heavy atom. The molecule has 0 bridgehead atoms. The molecular formula is C6H8BrN3. The molecule has 1 aromatic rings. The van der Waals surface area contributed by atoms with Gasteiger partial charge in [-0.15, -0.1) is 0 Å². The number of nitrogens with two attached hydrogens (primary N) is 1. The van der Waals surface area contributed by atoms with E-state index in [1.54, 1.807) is 6.20 Å². The summed E-state index contributed by atoms with van der Waals surface area (Å²) in [5, 5.41) is 0. The summed E-state index contributed by atoms with van der Waals surface area (Å²) >= 11 is 3.29. The fourth-order valence-electron chi connectivity index (χ4n) is 0.661.